The van der Waals surface area contributed by atoms with Crippen LogP contribution in [-0.4, -0.2) is 43.6 Å². The van der Waals surface area contributed by atoms with E-state index in [0.717, 1.165) is 10.5 Å². The summed E-state index contributed by atoms with van der Waals surface area (Å²) in [7, 11) is 2.78. The first-order valence-electron chi connectivity index (χ1n) is 7.25. The molecule has 1 saturated heterocycles. The third-order valence-electron chi connectivity index (χ3n) is 4.11. The van der Waals surface area contributed by atoms with Crippen LogP contribution >= 0.6 is 0 Å². The lowest BCUT2D eigenvalue weighted by atomic mass is 9.86. The molecule has 1 heterocycles. The van der Waals surface area contributed by atoms with Gasteiger partial charge in [0.25, 0.3) is 5.91 Å². The lowest BCUT2D eigenvalue weighted by molar-refractivity contribution is -0.145. The summed E-state index contributed by atoms with van der Waals surface area (Å²) in [5.74, 6) is -0.408. The first kappa shape index (κ1) is 16.8. The Morgan fingerprint density at radius 3 is 2.52 bits per heavy atom. The molecule has 1 atom stereocenters. The van der Waals surface area contributed by atoms with Crippen LogP contribution in [0.25, 0.3) is 0 Å². The molecule has 1 aliphatic rings. The zero-order chi connectivity index (χ0) is 17.2. The number of amides is 3. The Hall–Kier alpha value is -2.57. The molecule has 23 heavy (non-hydrogen) atoms. The second-order valence-electron chi connectivity index (χ2n) is 5.34. The maximum atomic E-state index is 12.8. The van der Waals surface area contributed by atoms with Crippen LogP contribution in [0.1, 0.15) is 24.5 Å². The van der Waals surface area contributed by atoms with Crippen molar-refractivity contribution in [3.8, 4) is 5.75 Å². The van der Waals surface area contributed by atoms with Gasteiger partial charge >= 0.3 is 12.0 Å². The van der Waals surface area contributed by atoms with Gasteiger partial charge in [0.2, 0.25) is 0 Å². The summed E-state index contributed by atoms with van der Waals surface area (Å²) >= 11 is 0. The molecule has 0 bridgehead atoms. The fraction of sp³-hybridized carbons (Fsp3) is 0.438. The van der Waals surface area contributed by atoms with Crippen LogP contribution in [0.2, 0.25) is 0 Å². The van der Waals surface area contributed by atoms with Crippen molar-refractivity contribution in [2.75, 3.05) is 20.8 Å². The highest BCUT2D eigenvalue weighted by Gasteiger charge is 2.51. The Kier molecular flexibility index (Phi) is 4.58. The zero-order valence-electron chi connectivity index (χ0n) is 13.6. The minimum absolute atomic E-state index is 0.362. The molecule has 0 saturated carbocycles. The van der Waals surface area contributed by atoms with E-state index in [1.54, 1.807) is 26.2 Å². The van der Waals surface area contributed by atoms with Gasteiger partial charge in [0, 0.05) is 0 Å². The summed E-state index contributed by atoms with van der Waals surface area (Å²) in [4.78, 5) is 37.2. The maximum absolute atomic E-state index is 12.8. The summed E-state index contributed by atoms with van der Waals surface area (Å²) in [6.07, 6.45) is 0.362. The van der Waals surface area contributed by atoms with E-state index in [9.17, 15) is 14.4 Å². The third-order valence-corrected chi connectivity index (χ3v) is 4.11. The molecule has 124 valence electrons. The van der Waals surface area contributed by atoms with E-state index < -0.39 is 30.0 Å². The van der Waals surface area contributed by atoms with Gasteiger partial charge in [-0.25, -0.2) is 4.79 Å². The van der Waals surface area contributed by atoms with Gasteiger partial charge in [-0.15, -0.1) is 0 Å². The third kappa shape index (κ3) is 2.74. The number of methoxy groups -OCH3 is 2. The van der Waals surface area contributed by atoms with Gasteiger partial charge in [-0.1, -0.05) is 13.0 Å². The molecular formula is C16H20N2O5. The van der Waals surface area contributed by atoms with E-state index in [1.165, 1.54) is 7.11 Å². The van der Waals surface area contributed by atoms with Crippen molar-refractivity contribution < 1.29 is 23.9 Å². The number of ether oxygens (including phenoxy) is 2. The molecule has 1 aromatic rings. The van der Waals surface area contributed by atoms with Crippen molar-refractivity contribution in [1.82, 2.24) is 10.2 Å². The molecule has 1 aliphatic heterocycles. The van der Waals surface area contributed by atoms with Gasteiger partial charge in [0.15, 0.2) is 0 Å². The number of carbonyl (C=O) groups is 3. The van der Waals surface area contributed by atoms with Crippen LogP contribution in [0.15, 0.2) is 18.2 Å². The quantitative estimate of drug-likeness (QED) is 0.653. The van der Waals surface area contributed by atoms with Gasteiger partial charge in [-0.2, -0.15) is 0 Å². The average Bonchev–Trinajstić information content (AvgIpc) is 2.79. The monoisotopic (exact) mass is 320 g/mol. The van der Waals surface area contributed by atoms with Crippen molar-refractivity contribution in [3.63, 3.8) is 0 Å². The van der Waals surface area contributed by atoms with E-state index in [-0.39, 0.29) is 0 Å². The van der Waals surface area contributed by atoms with Crippen molar-refractivity contribution >= 4 is 17.9 Å². The number of imide groups is 1. The number of urea groups is 1. The average molecular weight is 320 g/mol. The lowest BCUT2D eigenvalue weighted by Crippen LogP contribution is -2.44. The fourth-order valence-corrected chi connectivity index (χ4v) is 2.75. The smallest absolute Gasteiger partial charge is 0.325 e. The molecule has 7 nitrogen and oxygen atoms in total. The number of aryl methyl sites for hydroxylation is 1. The molecular weight excluding hydrogens is 300 g/mol. The molecule has 1 fully saturated rings. The number of nitrogens with zero attached hydrogens (tertiary/aromatic N) is 1. The molecule has 3 amide bonds. The predicted molar refractivity (Wildman–Crippen MR) is 82.0 cm³/mol. The first-order chi connectivity index (χ1) is 10.9. The highest BCUT2D eigenvalue weighted by atomic mass is 16.5. The second-order valence-corrected chi connectivity index (χ2v) is 5.34. The predicted octanol–water partition coefficient (Wildman–Crippen LogP) is 1.33. The van der Waals surface area contributed by atoms with Crippen molar-refractivity contribution in [1.29, 1.82) is 0 Å². The zero-order valence-corrected chi connectivity index (χ0v) is 13.6. The van der Waals surface area contributed by atoms with Crippen molar-refractivity contribution in [2.45, 2.75) is 25.8 Å². The van der Waals surface area contributed by atoms with Crippen molar-refractivity contribution in [2.24, 2.45) is 0 Å². The number of hydrogen-bond acceptors (Lipinski definition) is 5. The standard InChI is InChI=1S/C16H20N2O5/c1-5-16(11-6-7-12(22-3)10(2)8-11)14(20)18(15(21)17-16)9-13(19)23-4/h6-8H,5,9H2,1-4H3,(H,17,21). The number of hydrogen-bond donors (Lipinski definition) is 1. The van der Waals surface area contributed by atoms with Crippen LogP contribution in [0.5, 0.6) is 5.75 Å². The lowest BCUT2D eigenvalue weighted by Gasteiger charge is -2.26. The van der Waals surface area contributed by atoms with Gasteiger partial charge in [-0.3, -0.25) is 14.5 Å². The van der Waals surface area contributed by atoms with Gasteiger partial charge in [-0.05, 0) is 36.6 Å². The van der Waals surface area contributed by atoms with E-state index in [2.05, 4.69) is 10.1 Å². The summed E-state index contributed by atoms with van der Waals surface area (Å²) in [5.41, 5.74) is 0.331. The molecule has 7 heteroatoms. The number of benzene rings is 1. The van der Waals surface area contributed by atoms with E-state index in [1.807, 2.05) is 13.0 Å². The maximum Gasteiger partial charge on any atom is 0.325 e. The molecule has 0 aliphatic carbocycles. The summed E-state index contributed by atoms with van der Waals surface area (Å²) in [5, 5.41) is 2.72. The molecule has 0 aromatic heterocycles. The van der Waals surface area contributed by atoms with Gasteiger partial charge in [0.1, 0.15) is 17.8 Å². The van der Waals surface area contributed by atoms with E-state index >= 15 is 0 Å². The van der Waals surface area contributed by atoms with Crippen LogP contribution in [0.4, 0.5) is 4.79 Å². The summed E-state index contributed by atoms with van der Waals surface area (Å²) in [6.45, 7) is 3.26. The molecule has 1 N–H and O–H groups in total. The molecule has 0 radical (unpaired) electrons. The first-order valence-corrected chi connectivity index (χ1v) is 7.25. The van der Waals surface area contributed by atoms with Gasteiger partial charge < -0.3 is 14.8 Å². The summed E-state index contributed by atoms with van der Waals surface area (Å²) < 4.78 is 9.76. The number of nitrogens with one attached hydrogen (secondary N) is 1. The molecule has 0 spiro atoms. The highest BCUT2D eigenvalue weighted by Crippen LogP contribution is 2.34. The number of esters is 1. The van der Waals surface area contributed by atoms with E-state index in [4.69, 9.17) is 4.74 Å². The van der Waals surface area contributed by atoms with Gasteiger partial charge in [0.05, 0.1) is 14.2 Å². The summed E-state index contributed by atoms with van der Waals surface area (Å²) in [6, 6.07) is 4.71. The topological polar surface area (TPSA) is 84.9 Å². The Labute approximate surface area is 134 Å². The van der Waals surface area contributed by atoms with Crippen LogP contribution in [0.3, 0.4) is 0 Å². The minimum Gasteiger partial charge on any atom is -0.496 e. The SMILES string of the molecule is CCC1(c2ccc(OC)c(C)c2)NC(=O)N(CC(=O)OC)C1=O. The Morgan fingerprint density at radius 1 is 1.30 bits per heavy atom. The number of carbonyl (C=O) groups excluding carboxylic acids is 3. The van der Waals surface area contributed by atoms with Crippen LogP contribution in [0, 0.1) is 6.92 Å². The van der Waals surface area contributed by atoms with Crippen molar-refractivity contribution in [3.05, 3.63) is 29.3 Å². The number of rotatable bonds is 5. The van der Waals surface area contributed by atoms with E-state index in [0.29, 0.717) is 17.7 Å². The Morgan fingerprint density at radius 2 is 2.00 bits per heavy atom. The molecule has 2 rings (SSSR count). The molecule has 1 unspecified atom stereocenters. The normalized spacial score (nSPS) is 20.4. The minimum atomic E-state index is -1.18. The molecule has 1 aromatic carbocycles. The van der Waals surface area contributed by atoms with Crippen LogP contribution < -0.4 is 10.1 Å². The second kappa shape index (κ2) is 6.28. The highest BCUT2D eigenvalue weighted by molar-refractivity contribution is 6.09. The Balaban J connectivity index is 2.41. The van der Waals surface area contributed by atoms with Crippen LogP contribution in [-0.2, 0) is 19.9 Å². The fourth-order valence-electron chi connectivity index (χ4n) is 2.75. The largest absolute Gasteiger partial charge is 0.496 e. The Bertz CT molecular complexity index is 658.